The first-order valence-corrected chi connectivity index (χ1v) is 6.31. The van der Waals surface area contributed by atoms with Gasteiger partial charge in [0.05, 0.1) is 23.0 Å². The van der Waals surface area contributed by atoms with E-state index in [1.54, 1.807) is 24.5 Å². The largest absolute Gasteiger partial charge is 0.387 e. The summed E-state index contributed by atoms with van der Waals surface area (Å²) in [6.45, 7) is 1.57. The maximum atomic E-state index is 12.0. The summed E-state index contributed by atoms with van der Waals surface area (Å²) in [6, 6.07) is 5.29. The fraction of sp³-hybridized carbons (Fsp3) is 0.385. The standard InChI is InChI=1S/C13H16N4O2/c18-12(15-7-13(19)3-4-14-6-13)9-1-2-10-11(5-9)17-8-16-10/h1-2,5,8,14,19H,3-4,6-7H2,(H,15,18)(H,16,17). The van der Waals surface area contributed by atoms with Gasteiger partial charge in [0.2, 0.25) is 0 Å². The number of β-amino-alcohol motifs (C(OH)–C–C–N with tert-alkyl or cyclic N) is 1. The molecule has 1 aliphatic heterocycles. The van der Waals surface area contributed by atoms with Crippen LogP contribution in [0.1, 0.15) is 16.8 Å². The first-order chi connectivity index (χ1) is 9.16. The fourth-order valence-electron chi connectivity index (χ4n) is 2.31. The molecule has 1 aromatic heterocycles. The SMILES string of the molecule is O=C(NCC1(O)CCNC1)c1ccc2nc[nH]c2c1. The Morgan fingerprint density at radius 1 is 1.53 bits per heavy atom. The summed E-state index contributed by atoms with van der Waals surface area (Å²) in [5.74, 6) is -0.183. The van der Waals surface area contributed by atoms with Crippen LogP contribution in [0.25, 0.3) is 11.0 Å². The van der Waals surface area contributed by atoms with E-state index in [0.29, 0.717) is 18.5 Å². The Kier molecular flexibility index (Phi) is 2.96. The minimum absolute atomic E-state index is 0.183. The Balaban J connectivity index is 1.69. The van der Waals surface area contributed by atoms with Crippen molar-refractivity contribution in [3.8, 4) is 0 Å². The van der Waals surface area contributed by atoms with Crippen LogP contribution >= 0.6 is 0 Å². The van der Waals surface area contributed by atoms with Crippen LogP contribution in [-0.2, 0) is 0 Å². The molecule has 6 nitrogen and oxygen atoms in total. The molecule has 1 aliphatic rings. The second kappa shape index (κ2) is 4.64. The van der Waals surface area contributed by atoms with E-state index in [9.17, 15) is 9.90 Å². The lowest BCUT2D eigenvalue weighted by Crippen LogP contribution is -2.44. The van der Waals surface area contributed by atoms with E-state index in [1.165, 1.54) is 0 Å². The summed E-state index contributed by atoms with van der Waals surface area (Å²) in [7, 11) is 0. The molecule has 1 fully saturated rings. The zero-order chi connectivity index (χ0) is 13.3. The molecule has 100 valence electrons. The summed E-state index contributed by atoms with van der Waals surface area (Å²) >= 11 is 0. The van der Waals surface area contributed by atoms with E-state index in [-0.39, 0.29) is 12.5 Å². The maximum absolute atomic E-state index is 12.0. The van der Waals surface area contributed by atoms with Crippen molar-refractivity contribution in [2.45, 2.75) is 12.0 Å². The highest BCUT2D eigenvalue weighted by atomic mass is 16.3. The number of nitrogens with one attached hydrogen (secondary N) is 3. The first kappa shape index (κ1) is 12.1. The molecule has 3 rings (SSSR count). The molecule has 0 bridgehead atoms. The number of H-pyrrole nitrogens is 1. The molecule has 0 spiro atoms. The number of benzene rings is 1. The highest BCUT2D eigenvalue weighted by molar-refractivity contribution is 5.97. The predicted octanol–water partition coefficient (Wildman–Crippen LogP) is 0.0171. The minimum Gasteiger partial charge on any atom is -0.387 e. The van der Waals surface area contributed by atoms with Gasteiger partial charge in [0.25, 0.3) is 5.91 Å². The topological polar surface area (TPSA) is 90.0 Å². The molecule has 1 aromatic carbocycles. The van der Waals surface area contributed by atoms with Gasteiger partial charge < -0.3 is 20.7 Å². The lowest BCUT2D eigenvalue weighted by Gasteiger charge is -2.21. The third kappa shape index (κ3) is 2.45. The lowest BCUT2D eigenvalue weighted by atomic mass is 10.0. The van der Waals surface area contributed by atoms with Gasteiger partial charge in [0.15, 0.2) is 0 Å². The Labute approximate surface area is 110 Å². The third-order valence-corrected chi connectivity index (χ3v) is 3.48. The van der Waals surface area contributed by atoms with Gasteiger partial charge in [-0.25, -0.2) is 4.98 Å². The second-order valence-corrected chi connectivity index (χ2v) is 4.97. The Hall–Kier alpha value is -1.92. The number of imidazole rings is 1. The van der Waals surface area contributed by atoms with Crippen LogP contribution in [0.3, 0.4) is 0 Å². The molecule has 1 unspecified atom stereocenters. The fourth-order valence-corrected chi connectivity index (χ4v) is 2.31. The number of fused-ring (bicyclic) bond motifs is 1. The summed E-state index contributed by atoms with van der Waals surface area (Å²) in [5.41, 5.74) is 1.39. The number of hydrogen-bond acceptors (Lipinski definition) is 4. The molecule has 1 saturated heterocycles. The highest BCUT2D eigenvalue weighted by Crippen LogP contribution is 2.14. The number of aliphatic hydroxyl groups is 1. The number of carbonyl (C=O) groups is 1. The summed E-state index contributed by atoms with van der Waals surface area (Å²) < 4.78 is 0. The first-order valence-electron chi connectivity index (χ1n) is 6.31. The number of hydrogen-bond donors (Lipinski definition) is 4. The smallest absolute Gasteiger partial charge is 0.251 e. The molecule has 1 atom stereocenters. The van der Waals surface area contributed by atoms with Crippen LogP contribution in [0.4, 0.5) is 0 Å². The zero-order valence-corrected chi connectivity index (χ0v) is 10.4. The average Bonchev–Trinajstić information content (AvgIpc) is 3.04. The van der Waals surface area contributed by atoms with Gasteiger partial charge in [0.1, 0.15) is 0 Å². The summed E-state index contributed by atoms with van der Waals surface area (Å²) in [6.07, 6.45) is 2.26. The molecular formula is C13H16N4O2. The maximum Gasteiger partial charge on any atom is 0.251 e. The van der Waals surface area contributed by atoms with Crippen molar-refractivity contribution in [3.05, 3.63) is 30.1 Å². The van der Waals surface area contributed by atoms with E-state index >= 15 is 0 Å². The predicted molar refractivity (Wildman–Crippen MR) is 70.9 cm³/mol. The molecule has 6 heteroatoms. The van der Waals surface area contributed by atoms with Crippen LogP contribution in [0.5, 0.6) is 0 Å². The van der Waals surface area contributed by atoms with Crippen LogP contribution in [0.2, 0.25) is 0 Å². The van der Waals surface area contributed by atoms with Crippen molar-refractivity contribution >= 4 is 16.9 Å². The van der Waals surface area contributed by atoms with Gasteiger partial charge in [-0.3, -0.25) is 4.79 Å². The molecular weight excluding hydrogens is 244 g/mol. The van der Waals surface area contributed by atoms with E-state index in [4.69, 9.17) is 0 Å². The lowest BCUT2D eigenvalue weighted by molar-refractivity contribution is 0.0562. The summed E-state index contributed by atoms with van der Waals surface area (Å²) in [4.78, 5) is 19.1. The number of rotatable bonds is 3. The van der Waals surface area contributed by atoms with Crippen LogP contribution in [-0.4, -0.2) is 46.2 Å². The second-order valence-electron chi connectivity index (χ2n) is 4.97. The number of amides is 1. The van der Waals surface area contributed by atoms with Gasteiger partial charge in [0, 0.05) is 18.7 Å². The Bertz CT molecular complexity index is 601. The van der Waals surface area contributed by atoms with Crippen molar-refractivity contribution < 1.29 is 9.90 Å². The highest BCUT2D eigenvalue weighted by Gasteiger charge is 2.31. The Morgan fingerprint density at radius 2 is 2.42 bits per heavy atom. The number of aromatic nitrogens is 2. The molecule has 0 saturated carbocycles. The average molecular weight is 260 g/mol. The minimum atomic E-state index is -0.826. The van der Waals surface area contributed by atoms with E-state index in [2.05, 4.69) is 20.6 Å². The van der Waals surface area contributed by atoms with E-state index < -0.39 is 5.60 Å². The normalized spacial score (nSPS) is 22.8. The Morgan fingerprint density at radius 3 is 3.21 bits per heavy atom. The molecule has 2 aromatic rings. The van der Waals surface area contributed by atoms with Crippen molar-refractivity contribution in [1.82, 2.24) is 20.6 Å². The van der Waals surface area contributed by atoms with Gasteiger partial charge in [-0.2, -0.15) is 0 Å². The van der Waals surface area contributed by atoms with Gasteiger partial charge in [-0.1, -0.05) is 0 Å². The van der Waals surface area contributed by atoms with Gasteiger partial charge in [-0.15, -0.1) is 0 Å². The molecule has 4 N–H and O–H groups in total. The van der Waals surface area contributed by atoms with Crippen LogP contribution < -0.4 is 10.6 Å². The third-order valence-electron chi connectivity index (χ3n) is 3.48. The molecule has 19 heavy (non-hydrogen) atoms. The van der Waals surface area contributed by atoms with Crippen molar-refractivity contribution in [2.75, 3.05) is 19.6 Å². The summed E-state index contributed by atoms with van der Waals surface area (Å²) in [5, 5.41) is 16.0. The van der Waals surface area contributed by atoms with Gasteiger partial charge >= 0.3 is 0 Å². The number of carbonyl (C=O) groups excluding carboxylic acids is 1. The number of nitrogens with zero attached hydrogens (tertiary/aromatic N) is 1. The quantitative estimate of drug-likeness (QED) is 0.626. The van der Waals surface area contributed by atoms with Crippen molar-refractivity contribution in [2.24, 2.45) is 0 Å². The van der Waals surface area contributed by atoms with Gasteiger partial charge in [-0.05, 0) is 31.2 Å². The molecule has 0 radical (unpaired) electrons. The van der Waals surface area contributed by atoms with Crippen LogP contribution in [0, 0.1) is 0 Å². The number of aromatic amines is 1. The van der Waals surface area contributed by atoms with Crippen LogP contribution in [0.15, 0.2) is 24.5 Å². The molecule has 2 heterocycles. The zero-order valence-electron chi connectivity index (χ0n) is 10.4. The van der Waals surface area contributed by atoms with Crippen molar-refractivity contribution in [1.29, 1.82) is 0 Å². The monoisotopic (exact) mass is 260 g/mol. The van der Waals surface area contributed by atoms with E-state index in [0.717, 1.165) is 17.6 Å². The molecule has 0 aliphatic carbocycles. The van der Waals surface area contributed by atoms with Crippen molar-refractivity contribution in [3.63, 3.8) is 0 Å². The molecule has 1 amide bonds. The van der Waals surface area contributed by atoms with E-state index in [1.807, 2.05) is 0 Å².